The van der Waals surface area contributed by atoms with E-state index in [9.17, 15) is 0 Å². The first-order valence-electron chi connectivity index (χ1n) is 10.2. The molecule has 0 aliphatic carbocycles. The minimum absolute atomic E-state index is 1.04. The van der Waals surface area contributed by atoms with Crippen LogP contribution in [0.4, 0.5) is 0 Å². The SMILES string of the molecule is CC1=C(c2cnc3ccccc3c2)S/C(=C2\SC(C)=C(c3cnc4ccccc4c3)S2)S1. The second-order valence-electron chi connectivity index (χ2n) is 7.59. The van der Waals surface area contributed by atoms with Crippen LogP contribution in [0, 0.1) is 0 Å². The fourth-order valence-electron chi connectivity index (χ4n) is 3.82. The highest BCUT2D eigenvalue weighted by molar-refractivity contribution is 8.37. The highest BCUT2D eigenvalue weighted by Gasteiger charge is 2.28. The Labute approximate surface area is 204 Å². The highest BCUT2D eigenvalue weighted by atomic mass is 32.2. The van der Waals surface area contributed by atoms with Gasteiger partial charge < -0.3 is 0 Å². The van der Waals surface area contributed by atoms with Crippen molar-refractivity contribution in [1.29, 1.82) is 0 Å². The summed E-state index contributed by atoms with van der Waals surface area (Å²) in [6.07, 6.45) is 4.01. The molecule has 2 aliphatic heterocycles. The van der Waals surface area contributed by atoms with E-state index in [1.54, 1.807) is 0 Å². The van der Waals surface area contributed by atoms with E-state index >= 15 is 0 Å². The molecule has 0 fully saturated rings. The summed E-state index contributed by atoms with van der Waals surface area (Å²) in [6, 6.07) is 21.1. The van der Waals surface area contributed by atoms with Crippen LogP contribution in [-0.4, -0.2) is 9.97 Å². The quantitative estimate of drug-likeness (QED) is 0.280. The molecule has 156 valence electrons. The molecule has 0 saturated carbocycles. The van der Waals surface area contributed by atoms with Gasteiger partial charge in [-0.15, -0.1) is 0 Å². The summed E-state index contributed by atoms with van der Waals surface area (Å²) in [4.78, 5) is 14.7. The van der Waals surface area contributed by atoms with Gasteiger partial charge in [0.15, 0.2) is 0 Å². The Balaban J connectivity index is 1.28. The number of allylic oxidation sites excluding steroid dienone is 2. The number of para-hydroxylation sites is 2. The van der Waals surface area contributed by atoms with Crippen molar-refractivity contribution in [3.05, 3.63) is 102 Å². The third-order valence-corrected chi connectivity index (χ3v) is 11.2. The molecule has 4 aromatic rings. The predicted molar refractivity (Wildman–Crippen MR) is 146 cm³/mol. The monoisotopic (exact) mass is 486 g/mol. The van der Waals surface area contributed by atoms with Crippen LogP contribution in [0.1, 0.15) is 25.0 Å². The van der Waals surface area contributed by atoms with E-state index in [4.69, 9.17) is 0 Å². The number of fused-ring (bicyclic) bond motifs is 2. The van der Waals surface area contributed by atoms with Gasteiger partial charge in [-0.3, -0.25) is 9.97 Å². The summed E-state index contributed by atoms with van der Waals surface area (Å²) in [6.45, 7) is 4.43. The van der Waals surface area contributed by atoms with Gasteiger partial charge in [0.25, 0.3) is 0 Å². The Morgan fingerprint density at radius 3 is 1.47 bits per heavy atom. The molecule has 0 unspecified atom stereocenters. The number of pyridine rings is 2. The van der Waals surface area contributed by atoms with E-state index in [1.165, 1.54) is 50.0 Å². The minimum atomic E-state index is 1.04. The Bertz CT molecular complexity index is 1390. The van der Waals surface area contributed by atoms with E-state index in [-0.39, 0.29) is 0 Å². The van der Waals surface area contributed by atoms with Crippen molar-refractivity contribution in [3.63, 3.8) is 0 Å². The van der Waals surface area contributed by atoms with E-state index in [1.807, 2.05) is 71.6 Å². The maximum absolute atomic E-state index is 4.67. The first-order chi connectivity index (χ1) is 15.7. The molecule has 0 atom stereocenters. The lowest BCUT2D eigenvalue weighted by molar-refractivity contribution is 1.39. The minimum Gasteiger partial charge on any atom is -0.256 e. The molecule has 0 amide bonds. The molecule has 0 bridgehead atoms. The van der Waals surface area contributed by atoms with Gasteiger partial charge in [-0.1, -0.05) is 83.4 Å². The molecule has 6 rings (SSSR count). The van der Waals surface area contributed by atoms with Crippen molar-refractivity contribution in [2.24, 2.45) is 0 Å². The van der Waals surface area contributed by atoms with Gasteiger partial charge >= 0.3 is 0 Å². The lowest BCUT2D eigenvalue weighted by Crippen LogP contribution is -1.84. The molecule has 2 nitrogen and oxygen atoms in total. The van der Waals surface area contributed by atoms with Crippen LogP contribution >= 0.6 is 47.0 Å². The van der Waals surface area contributed by atoms with Gasteiger partial charge in [0.2, 0.25) is 0 Å². The Morgan fingerprint density at radius 1 is 0.562 bits per heavy atom. The molecule has 2 aliphatic rings. The maximum Gasteiger partial charge on any atom is 0.0703 e. The Kier molecular flexibility index (Phi) is 5.34. The molecular formula is C26H18N2S4. The molecule has 32 heavy (non-hydrogen) atoms. The van der Waals surface area contributed by atoms with Crippen molar-refractivity contribution in [2.45, 2.75) is 13.8 Å². The van der Waals surface area contributed by atoms with Crippen LogP contribution in [0.15, 0.2) is 91.3 Å². The highest BCUT2D eigenvalue weighted by Crippen LogP contribution is 2.63. The Morgan fingerprint density at radius 2 is 1.00 bits per heavy atom. The van der Waals surface area contributed by atoms with Crippen LogP contribution in [0.5, 0.6) is 0 Å². The third-order valence-electron chi connectivity index (χ3n) is 5.39. The number of nitrogens with zero attached hydrogens (tertiary/aromatic N) is 2. The number of aromatic nitrogens is 2. The largest absolute Gasteiger partial charge is 0.256 e. The van der Waals surface area contributed by atoms with Crippen molar-refractivity contribution in [3.8, 4) is 0 Å². The van der Waals surface area contributed by atoms with Crippen LogP contribution < -0.4 is 0 Å². The number of benzene rings is 2. The summed E-state index contributed by atoms with van der Waals surface area (Å²) >= 11 is 7.52. The van der Waals surface area contributed by atoms with E-state index in [2.05, 4.69) is 72.3 Å². The topological polar surface area (TPSA) is 25.8 Å². The first-order valence-corrected chi connectivity index (χ1v) is 13.5. The van der Waals surface area contributed by atoms with Gasteiger partial charge in [-0.05, 0) is 38.1 Å². The summed E-state index contributed by atoms with van der Waals surface area (Å²) in [7, 11) is 0. The molecule has 0 N–H and O–H groups in total. The van der Waals surface area contributed by atoms with Crippen molar-refractivity contribution in [2.75, 3.05) is 0 Å². The number of thioether (sulfide) groups is 4. The predicted octanol–water partition coefficient (Wildman–Crippen LogP) is 8.95. The lowest BCUT2D eigenvalue weighted by Gasteiger charge is -2.06. The number of hydrogen-bond acceptors (Lipinski definition) is 6. The smallest absolute Gasteiger partial charge is 0.0703 e. The van der Waals surface area contributed by atoms with Crippen molar-refractivity contribution >= 4 is 78.7 Å². The lowest BCUT2D eigenvalue weighted by atomic mass is 10.1. The van der Waals surface area contributed by atoms with Gasteiger partial charge in [0.05, 0.1) is 19.5 Å². The van der Waals surface area contributed by atoms with Crippen LogP contribution in [0.2, 0.25) is 0 Å². The molecule has 0 radical (unpaired) electrons. The summed E-state index contributed by atoms with van der Waals surface area (Å²) < 4.78 is 2.73. The zero-order chi connectivity index (χ0) is 21.7. The standard InChI is InChI=1S/C26H18N2S4/c1-15-23(19-11-17-7-3-5-9-21(17)27-13-19)31-25(29-15)26-30-16(2)24(32-26)20-12-18-8-4-6-10-22(18)28-14-20/h3-14H,1-2H3/b26-25+. The van der Waals surface area contributed by atoms with Gasteiger partial charge in [-0.25, -0.2) is 0 Å². The second kappa shape index (κ2) is 8.34. The van der Waals surface area contributed by atoms with Crippen LogP contribution in [0.25, 0.3) is 31.6 Å². The van der Waals surface area contributed by atoms with Gasteiger partial charge in [-0.2, -0.15) is 0 Å². The van der Waals surface area contributed by atoms with E-state index < -0.39 is 0 Å². The second-order valence-corrected chi connectivity index (χ2v) is 12.6. The molecule has 2 aromatic carbocycles. The average Bonchev–Trinajstić information content (AvgIpc) is 3.41. The van der Waals surface area contributed by atoms with Crippen LogP contribution in [-0.2, 0) is 0 Å². The summed E-state index contributed by atoms with van der Waals surface area (Å²) in [5, 5.41) is 2.37. The van der Waals surface area contributed by atoms with Gasteiger partial charge in [0.1, 0.15) is 0 Å². The normalized spacial score (nSPS) is 19.1. The van der Waals surface area contributed by atoms with Crippen LogP contribution in [0.3, 0.4) is 0 Å². The molecule has 6 heteroatoms. The fourth-order valence-corrected chi connectivity index (χ4v) is 9.33. The molecule has 0 saturated heterocycles. The number of hydrogen-bond donors (Lipinski definition) is 0. The zero-order valence-electron chi connectivity index (χ0n) is 17.5. The van der Waals surface area contributed by atoms with Crippen molar-refractivity contribution < 1.29 is 0 Å². The van der Waals surface area contributed by atoms with E-state index in [0.717, 1.165) is 11.0 Å². The molecule has 0 spiro atoms. The van der Waals surface area contributed by atoms with E-state index in [0.29, 0.717) is 0 Å². The number of rotatable bonds is 2. The average molecular weight is 487 g/mol. The van der Waals surface area contributed by atoms with Crippen molar-refractivity contribution in [1.82, 2.24) is 9.97 Å². The zero-order valence-corrected chi connectivity index (χ0v) is 20.7. The molecule has 4 heterocycles. The Hall–Kier alpha value is -2.12. The summed E-state index contributed by atoms with van der Waals surface area (Å²) in [5.41, 5.74) is 4.48. The maximum atomic E-state index is 4.67. The molecular weight excluding hydrogens is 469 g/mol. The third kappa shape index (κ3) is 3.69. The molecule has 2 aromatic heterocycles. The summed E-state index contributed by atoms with van der Waals surface area (Å²) in [5.74, 6) is 0. The van der Waals surface area contributed by atoms with Gasteiger partial charge in [0, 0.05) is 53.9 Å². The first kappa shape index (κ1) is 20.5. The fraction of sp³-hybridized carbons (Fsp3) is 0.0769.